The number of nitrogens with one attached hydrogen (secondary N) is 1. The van der Waals surface area contributed by atoms with Crippen molar-refractivity contribution < 1.29 is 8.42 Å². The minimum Gasteiger partial charge on any atom is -0.369 e. The third-order valence-corrected chi connectivity index (χ3v) is 9.67. The first-order chi connectivity index (χ1) is 16.1. The molecule has 1 aliphatic heterocycles. The molecule has 2 aromatic heterocycles. The number of nitrogens with zero attached hydrogens (tertiary/aromatic N) is 3. The lowest BCUT2D eigenvalue weighted by Gasteiger charge is -2.38. The molecule has 2 aliphatic rings. The summed E-state index contributed by atoms with van der Waals surface area (Å²) in [5.74, 6) is 0.768. The van der Waals surface area contributed by atoms with Crippen molar-refractivity contribution >= 4 is 26.7 Å². The third kappa shape index (κ3) is 4.20. The summed E-state index contributed by atoms with van der Waals surface area (Å²) in [6.07, 6.45) is 6.35. The first-order valence-electron chi connectivity index (χ1n) is 12.2. The van der Waals surface area contributed by atoms with Gasteiger partial charge in [-0.3, -0.25) is 4.98 Å². The number of aromatic nitrogens is 2. The van der Waals surface area contributed by atoms with Crippen LogP contribution >= 0.6 is 0 Å². The van der Waals surface area contributed by atoms with Crippen LogP contribution < -0.4 is 5.32 Å². The minimum atomic E-state index is -3.52. The van der Waals surface area contributed by atoms with Crippen molar-refractivity contribution in [1.29, 1.82) is 0 Å². The molecule has 6 nitrogen and oxygen atoms in total. The van der Waals surface area contributed by atoms with Gasteiger partial charge in [-0.2, -0.15) is 4.31 Å². The molecule has 34 heavy (non-hydrogen) atoms. The molecule has 1 saturated carbocycles. The molecular weight excluding hydrogens is 444 g/mol. The van der Waals surface area contributed by atoms with Gasteiger partial charge in [0.15, 0.2) is 0 Å². The van der Waals surface area contributed by atoms with Crippen molar-refractivity contribution in [1.82, 2.24) is 14.3 Å². The molecule has 2 fully saturated rings. The van der Waals surface area contributed by atoms with Gasteiger partial charge >= 0.3 is 0 Å². The van der Waals surface area contributed by atoms with Crippen LogP contribution in [-0.2, 0) is 15.4 Å². The number of rotatable bonds is 6. The molecule has 3 aromatic rings. The molecule has 1 aliphatic carbocycles. The Bertz CT molecular complexity index is 1330. The van der Waals surface area contributed by atoms with E-state index in [1.54, 1.807) is 16.4 Å². The Kier molecular flexibility index (Phi) is 5.68. The van der Waals surface area contributed by atoms with Crippen LogP contribution in [0, 0.1) is 12.3 Å². The number of aryl methyl sites for hydroxylation is 1. The predicted molar refractivity (Wildman–Crippen MR) is 136 cm³/mol. The van der Waals surface area contributed by atoms with Crippen LogP contribution in [-0.4, -0.2) is 41.8 Å². The largest absolute Gasteiger partial charge is 0.369 e. The molecule has 1 saturated heterocycles. The van der Waals surface area contributed by atoms with Crippen molar-refractivity contribution in [3.8, 4) is 0 Å². The predicted octanol–water partition coefficient (Wildman–Crippen LogP) is 5.28. The monoisotopic (exact) mass is 478 g/mol. The molecule has 0 amide bonds. The van der Waals surface area contributed by atoms with Crippen molar-refractivity contribution in [2.75, 3.05) is 18.4 Å². The molecule has 1 atom stereocenters. The highest BCUT2D eigenvalue weighted by Crippen LogP contribution is 2.51. The Balaban J connectivity index is 1.33. The summed E-state index contributed by atoms with van der Waals surface area (Å²) >= 11 is 0. The first-order valence-corrected chi connectivity index (χ1v) is 13.6. The normalized spacial score (nSPS) is 20.5. The van der Waals surface area contributed by atoms with E-state index in [0.717, 1.165) is 41.7 Å². The van der Waals surface area contributed by atoms with E-state index in [1.807, 2.05) is 37.4 Å². The molecule has 0 unspecified atom stereocenters. The smallest absolute Gasteiger partial charge is 0.243 e. The number of anilines is 1. The van der Waals surface area contributed by atoms with E-state index < -0.39 is 10.0 Å². The fourth-order valence-electron chi connectivity index (χ4n) is 5.45. The van der Waals surface area contributed by atoms with Gasteiger partial charge in [-0.25, -0.2) is 13.4 Å². The van der Waals surface area contributed by atoms with Gasteiger partial charge in [0.2, 0.25) is 10.0 Å². The highest BCUT2D eigenvalue weighted by molar-refractivity contribution is 7.89. The second-order valence-corrected chi connectivity index (χ2v) is 12.9. The van der Waals surface area contributed by atoms with Crippen LogP contribution in [0.1, 0.15) is 57.7 Å². The molecule has 180 valence electrons. The molecule has 5 rings (SSSR count). The molecule has 1 spiro atoms. The summed E-state index contributed by atoms with van der Waals surface area (Å²) in [6.45, 7) is 9.77. The van der Waals surface area contributed by atoms with E-state index in [1.165, 1.54) is 12.0 Å². The van der Waals surface area contributed by atoms with Crippen molar-refractivity contribution in [3.63, 3.8) is 0 Å². The van der Waals surface area contributed by atoms with Crippen LogP contribution in [0.15, 0.2) is 53.6 Å². The number of hydrogen-bond acceptors (Lipinski definition) is 5. The highest BCUT2D eigenvalue weighted by Gasteiger charge is 2.49. The van der Waals surface area contributed by atoms with E-state index in [4.69, 9.17) is 4.98 Å². The van der Waals surface area contributed by atoms with Gasteiger partial charge in [0.05, 0.1) is 10.4 Å². The summed E-state index contributed by atoms with van der Waals surface area (Å²) in [5, 5.41) is 4.26. The Morgan fingerprint density at radius 2 is 1.94 bits per heavy atom. The number of sulfonamides is 1. The molecule has 7 heteroatoms. The summed E-state index contributed by atoms with van der Waals surface area (Å²) in [6, 6.07) is 13.3. The molecule has 3 heterocycles. The standard InChI is InChI=1S/C27H34N4O2S/c1-19-10-13-28-24(14-19)26(3,4)17-29-25-9-6-21-15-22(7-8-23(21)30-25)34(32,33)31-18-27(11-5-12-27)16-20(31)2/h6-10,13-15,20H,5,11-12,16-18H2,1-4H3,(H,29,30)/t20-/m0/s1. The highest BCUT2D eigenvalue weighted by atomic mass is 32.2. The van der Waals surface area contributed by atoms with E-state index in [2.05, 4.69) is 37.1 Å². The Morgan fingerprint density at radius 1 is 1.15 bits per heavy atom. The van der Waals surface area contributed by atoms with Crippen LogP contribution in [0.4, 0.5) is 5.82 Å². The SMILES string of the molecule is Cc1ccnc(C(C)(C)CNc2ccc3cc(S(=O)(=O)N4CC5(CCC5)C[C@@H]4C)ccc3n2)c1. The summed E-state index contributed by atoms with van der Waals surface area (Å²) < 4.78 is 28.6. The van der Waals surface area contributed by atoms with E-state index >= 15 is 0 Å². The average Bonchev–Trinajstić information content (AvgIpc) is 3.16. The number of benzene rings is 1. The van der Waals surface area contributed by atoms with Gasteiger partial charge in [-0.15, -0.1) is 0 Å². The van der Waals surface area contributed by atoms with Crippen molar-refractivity contribution in [3.05, 3.63) is 59.9 Å². The van der Waals surface area contributed by atoms with Gasteiger partial charge in [0, 0.05) is 41.8 Å². The molecular formula is C27H34N4O2S. The Hall–Kier alpha value is -2.51. The fourth-order valence-corrected chi connectivity index (χ4v) is 7.23. The van der Waals surface area contributed by atoms with Gasteiger partial charge in [0.25, 0.3) is 0 Å². The number of hydrogen-bond donors (Lipinski definition) is 1. The zero-order valence-electron chi connectivity index (χ0n) is 20.5. The van der Waals surface area contributed by atoms with Crippen LogP contribution in [0.3, 0.4) is 0 Å². The number of pyridine rings is 2. The van der Waals surface area contributed by atoms with E-state index in [-0.39, 0.29) is 16.9 Å². The zero-order chi connectivity index (χ0) is 24.1. The summed E-state index contributed by atoms with van der Waals surface area (Å²) in [4.78, 5) is 9.63. The lowest BCUT2D eigenvalue weighted by Crippen LogP contribution is -2.37. The van der Waals surface area contributed by atoms with Gasteiger partial charge in [-0.1, -0.05) is 20.3 Å². The second-order valence-electron chi connectivity index (χ2n) is 11.0. The van der Waals surface area contributed by atoms with E-state index in [9.17, 15) is 8.42 Å². The molecule has 0 bridgehead atoms. The first kappa shape index (κ1) is 23.2. The minimum absolute atomic E-state index is 0.0527. The lowest BCUT2D eigenvalue weighted by molar-refractivity contribution is 0.152. The molecule has 0 radical (unpaired) electrons. The summed E-state index contributed by atoms with van der Waals surface area (Å²) in [7, 11) is -3.52. The number of fused-ring (bicyclic) bond motifs is 1. The van der Waals surface area contributed by atoms with E-state index in [0.29, 0.717) is 18.0 Å². The maximum Gasteiger partial charge on any atom is 0.243 e. The topological polar surface area (TPSA) is 75.2 Å². The second kappa shape index (κ2) is 8.31. The van der Waals surface area contributed by atoms with Gasteiger partial charge in [-0.05, 0) is 86.6 Å². The average molecular weight is 479 g/mol. The summed E-state index contributed by atoms with van der Waals surface area (Å²) in [5.41, 5.74) is 3.06. The van der Waals surface area contributed by atoms with Crippen molar-refractivity contribution in [2.24, 2.45) is 5.41 Å². The van der Waals surface area contributed by atoms with Gasteiger partial charge < -0.3 is 5.32 Å². The van der Waals surface area contributed by atoms with Crippen molar-refractivity contribution in [2.45, 2.75) is 69.7 Å². The fraction of sp³-hybridized carbons (Fsp3) is 0.481. The third-order valence-electron chi connectivity index (χ3n) is 7.71. The molecule has 1 aromatic carbocycles. The lowest BCUT2D eigenvalue weighted by atomic mass is 9.68. The Labute approximate surface area is 202 Å². The quantitative estimate of drug-likeness (QED) is 0.522. The zero-order valence-corrected chi connectivity index (χ0v) is 21.3. The molecule has 1 N–H and O–H groups in total. The van der Waals surface area contributed by atoms with Crippen LogP contribution in [0.25, 0.3) is 10.9 Å². The van der Waals surface area contributed by atoms with Gasteiger partial charge in [0.1, 0.15) is 5.82 Å². The Morgan fingerprint density at radius 3 is 2.62 bits per heavy atom. The maximum atomic E-state index is 13.4. The maximum absolute atomic E-state index is 13.4. The van der Waals surface area contributed by atoms with Crippen LogP contribution in [0.2, 0.25) is 0 Å². The van der Waals surface area contributed by atoms with Crippen LogP contribution in [0.5, 0.6) is 0 Å².